The molecule has 0 radical (unpaired) electrons. The van der Waals surface area contributed by atoms with Crippen molar-refractivity contribution >= 4 is 50.3 Å². The number of halogens is 2. The molecule has 2 aromatic rings. The van der Waals surface area contributed by atoms with Gasteiger partial charge in [0.1, 0.15) is 5.82 Å². The molecule has 0 spiro atoms. The number of sulfonamides is 1. The average molecular weight is 360 g/mol. The first-order valence-electron chi connectivity index (χ1n) is 5.91. The molecule has 0 bridgehead atoms. The zero-order valence-corrected chi connectivity index (χ0v) is 13.4. The van der Waals surface area contributed by atoms with E-state index in [1.165, 1.54) is 36.4 Å². The van der Waals surface area contributed by atoms with E-state index >= 15 is 0 Å². The molecule has 22 heavy (non-hydrogen) atoms. The molecule has 0 unspecified atom stereocenters. The number of primary sulfonamides is 1. The summed E-state index contributed by atoms with van der Waals surface area (Å²) in [7, 11) is -3.79. The van der Waals surface area contributed by atoms with Crippen LogP contribution in [0.15, 0.2) is 47.4 Å². The van der Waals surface area contributed by atoms with Gasteiger partial charge in [-0.15, -0.1) is 0 Å². The number of nitrogens with two attached hydrogens (primary N) is 1. The standard InChI is InChI=1S/C13H11ClFN3O2S2/c14-11-7-9(4-5-12(11)15)18-13(21)17-8-2-1-3-10(6-8)22(16,19)20/h1-7H,(H2,16,19,20)(H2,17,18,21). The number of thiocarbonyl (C=S) groups is 1. The van der Waals surface area contributed by atoms with Gasteiger partial charge < -0.3 is 10.6 Å². The molecule has 5 nitrogen and oxygen atoms in total. The van der Waals surface area contributed by atoms with E-state index in [-0.39, 0.29) is 15.0 Å². The zero-order chi connectivity index (χ0) is 16.3. The molecule has 0 aliphatic rings. The number of hydrogen-bond donors (Lipinski definition) is 3. The van der Waals surface area contributed by atoms with Crippen LogP contribution < -0.4 is 15.8 Å². The number of hydrogen-bond acceptors (Lipinski definition) is 3. The highest BCUT2D eigenvalue weighted by molar-refractivity contribution is 7.89. The quantitative estimate of drug-likeness (QED) is 0.734. The molecule has 0 atom stereocenters. The summed E-state index contributed by atoms with van der Waals surface area (Å²) in [6, 6.07) is 9.92. The number of anilines is 2. The minimum absolute atomic E-state index is 0.0369. The van der Waals surface area contributed by atoms with Crippen LogP contribution in [0, 0.1) is 5.82 Å². The fourth-order valence-electron chi connectivity index (χ4n) is 1.62. The summed E-state index contributed by atoms with van der Waals surface area (Å²) in [5.41, 5.74) is 0.934. The monoisotopic (exact) mass is 359 g/mol. The van der Waals surface area contributed by atoms with Crippen LogP contribution in [0.4, 0.5) is 15.8 Å². The molecule has 2 aromatic carbocycles. The van der Waals surface area contributed by atoms with Gasteiger partial charge in [-0.1, -0.05) is 17.7 Å². The topological polar surface area (TPSA) is 84.2 Å². The molecule has 0 saturated carbocycles. The molecule has 2 rings (SSSR count). The Morgan fingerprint density at radius 2 is 1.77 bits per heavy atom. The van der Waals surface area contributed by atoms with Gasteiger partial charge in [-0.2, -0.15) is 0 Å². The van der Waals surface area contributed by atoms with Crippen molar-refractivity contribution in [3.05, 3.63) is 53.3 Å². The van der Waals surface area contributed by atoms with Crippen LogP contribution in [-0.4, -0.2) is 13.5 Å². The predicted octanol–water partition coefficient (Wildman–Crippen LogP) is 2.94. The lowest BCUT2D eigenvalue weighted by atomic mass is 10.3. The summed E-state index contributed by atoms with van der Waals surface area (Å²) < 4.78 is 35.6. The van der Waals surface area contributed by atoms with Crippen molar-refractivity contribution in [1.82, 2.24) is 0 Å². The second-order valence-electron chi connectivity index (χ2n) is 4.28. The van der Waals surface area contributed by atoms with Crippen molar-refractivity contribution in [3.8, 4) is 0 Å². The Morgan fingerprint density at radius 3 is 2.36 bits per heavy atom. The summed E-state index contributed by atoms with van der Waals surface area (Å²) in [6.45, 7) is 0. The van der Waals surface area contributed by atoms with E-state index in [0.29, 0.717) is 11.4 Å². The molecule has 0 fully saturated rings. The van der Waals surface area contributed by atoms with Crippen LogP contribution in [0.5, 0.6) is 0 Å². The van der Waals surface area contributed by atoms with E-state index in [4.69, 9.17) is 29.0 Å². The highest BCUT2D eigenvalue weighted by Crippen LogP contribution is 2.20. The van der Waals surface area contributed by atoms with Crippen LogP contribution in [0.1, 0.15) is 0 Å². The van der Waals surface area contributed by atoms with Crippen molar-refractivity contribution in [2.24, 2.45) is 5.14 Å². The van der Waals surface area contributed by atoms with E-state index in [9.17, 15) is 12.8 Å². The van der Waals surface area contributed by atoms with Crippen LogP contribution in [0.25, 0.3) is 0 Å². The minimum Gasteiger partial charge on any atom is -0.332 e. The normalized spacial score (nSPS) is 11.0. The number of nitrogens with one attached hydrogen (secondary N) is 2. The summed E-state index contributed by atoms with van der Waals surface area (Å²) >= 11 is 10.8. The largest absolute Gasteiger partial charge is 0.332 e. The molecule has 0 aromatic heterocycles. The second-order valence-corrected chi connectivity index (χ2v) is 6.66. The zero-order valence-electron chi connectivity index (χ0n) is 11.0. The average Bonchev–Trinajstić information content (AvgIpc) is 2.42. The van der Waals surface area contributed by atoms with Crippen molar-refractivity contribution < 1.29 is 12.8 Å². The third-order valence-electron chi connectivity index (χ3n) is 2.60. The van der Waals surface area contributed by atoms with Gasteiger partial charge in [-0.05, 0) is 48.6 Å². The van der Waals surface area contributed by atoms with E-state index < -0.39 is 15.8 Å². The highest BCUT2D eigenvalue weighted by atomic mass is 35.5. The van der Waals surface area contributed by atoms with Gasteiger partial charge in [0, 0.05) is 11.4 Å². The van der Waals surface area contributed by atoms with Crippen molar-refractivity contribution in [2.75, 3.05) is 10.6 Å². The van der Waals surface area contributed by atoms with Gasteiger partial charge in [-0.25, -0.2) is 17.9 Å². The van der Waals surface area contributed by atoms with E-state index in [1.54, 1.807) is 6.07 Å². The number of benzene rings is 2. The van der Waals surface area contributed by atoms with Crippen LogP contribution in [0.2, 0.25) is 5.02 Å². The van der Waals surface area contributed by atoms with Gasteiger partial charge in [0.2, 0.25) is 10.0 Å². The van der Waals surface area contributed by atoms with Crippen molar-refractivity contribution in [3.63, 3.8) is 0 Å². The first-order chi connectivity index (χ1) is 10.3. The van der Waals surface area contributed by atoms with Gasteiger partial charge in [0.15, 0.2) is 5.11 Å². The van der Waals surface area contributed by atoms with Crippen LogP contribution >= 0.6 is 23.8 Å². The third-order valence-corrected chi connectivity index (χ3v) is 4.00. The highest BCUT2D eigenvalue weighted by Gasteiger charge is 2.09. The Kier molecular flexibility index (Phi) is 4.97. The minimum atomic E-state index is -3.79. The fraction of sp³-hybridized carbons (Fsp3) is 0. The summed E-state index contributed by atoms with van der Waals surface area (Å²) in [5.74, 6) is -0.535. The Morgan fingerprint density at radius 1 is 1.14 bits per heavy atom. The first-order valence-corrected chi connectivity index (χ1v) is 8.25. The maximum absolute atomic E-state index is 13.1. The molecule has 0 heterocycles. The Bertz CT molecular complexity index is 828. The maximum Gasteiger partial charge on any atom is 0.238 e. The Balaban J connectivity index is 2.10. The molecule has 0 saturated heterocycles. The van der Waals surface area contributed by atoms with Gasteiger partial charge >= 0.3 is 0 Å². The first kappa shape index (κ1) is 16.6. The number of rotatable bonds is 3. The second kappa shape index (κ2) is 6.57. The Hall–Kier alpha value is -1.74. The lowest BCUT2D eigenvalue weighted by Gasteiger charge is -2.11. The molecule has 9 heteroatoms. The molecule has 4 N–H and O–H groups in total. The molecule has 0 amide bonds. The molecule has 116 valence electrons. The third kappa shape index (κ3) is 4.38. The molecular weight excluding hydrogens is 349 g/mol. The van der Waals surface area contributed by atoms with Crippen molar-refractivity contribution in [1.29, 1.82) is 0 Å². The fourth-order valence-corrected chi connectivity index (χ4v) is 2.59. The predicted molar refractivity (Wildman–Crippen MR) is 89.1 cm³/mol. The SMILES string of the molecule is NS(=O)(=O)c1cccc(NC(=S)Nc2ccc(F)c(Cl)c2)c1. The summed E-state index contributed by atoms with van der Waals surface area (Å²) in [6.07, 6.45) is 0. The van der Waals surface area contributed by atoms with E-state index in [0.717, 1.165) is 0 Å². The van der Waals surface area contributed by atoms with Gasteiger partial charge in [-0.3, -0.25) is 0 Å². The smallest absolute Gasteiger partial charge is 0.238 e. The lowest BCUT2D eigenvalue weighted by Crippen LogP contribution is -2.19. The summed E-state index contributed by atoms with van der Waals surface area (Å²) in [4.78, 5) is -0.0369. The van der Waals surface area contributed by atoms with Crippen LogP contribution in [0.3, 0.4) is 0 Å². The summed E-state index contributed by atoms with van der Waals surface area (Å²) in [5, 5.41) is 10.8. The maximum atomic E-state index is 13.1. The Labute approximate surface area is 137 Å². The van der Waals surface area contributed by atoms with E-state index in [2.05, 4.69) is 10.6 Å². The molecule has 0 aliphatic carbocycles. The van der Waals surface area contributed by atoms with Crippen molar-refractivity contribution in [2.45, 2.75) is 4.90 Å². The molecule has 0 aliphatic heterocycles. The van der Waals surface area contributed by atoms with Gasteiger partial charge in [0.25, 0.3) is 0 Å². The van der Waals surface area contributed by atoms with E-state index in [1.807, 2.05) is 0 Å². The molecular formula is C13H11ClFN3O2S2. The van der Waals surface area contributed by atoms with Crippen LogP contribution in [-0.2, 0) is 10.0 Å². The lowest BCUT2D eigenvalue weighted by molar-refractivity contribution is 0.598. The van der Waals surface area contributed by atoms with Gasteiger partial charge in [0.05, 0.1) is 9.92 Å².